The minimum Gasteiger partial charge on any atom is -0.319 e. The maximum Gasteiger partial charge on any atom is 0.0837 e. The molecule has 2 N–H and O–H groups in total. The van der Waals surface area contributed by atoms with Gasteiger partial charge in [0.05, 0.1) is 28.0 Å². The van der Waals surface area contributed by atoms with Crippen LogP contribution in [-0.4, -0.2) is 14.8 Å². The monoisotopic (exact) mass is 284 g/mol. The Morgan fingerprint density at radius 3 is 2.56 bits per heavy atom. The Kier molecular flexibility index (Phi) is 3.90. The molecule has 4 nitrogen and oxygen atoms in total. The van der Waals surface area contributed by atoms with Crippen molar-refractivity contribution in [2.24, 2.45) is 5.73 Å². The minimum atomic E-state index is -0.419. The molecule has 0 aliphatic carbocycles. The fourth-order valence-electron chi connectivity index (χ4n) is 1.84. The maximum absolute atomic E-state index is 6.24. The molecule has 0 saturated carbocycles. The van der Waals surface area contributed by atoms with Crippen LogP contribution in [0, 0.1) is 0 Å². The van der Waals surface area contributed by atoms with Crippen molar-refractivity contribution >= 4 is 23.2 Å². The molecular weight excluding hydrogens is 271 g/mol. The van der Waals surface area contributed by atoms with Crippen molar-refractivity contribution in [2.75, 3.05) is 0 Å². The Morgan fingerprint density at radius 1 is 1.22 bits per heavy atom. The van der Waals surface area contributed by atoms with Gasteiger partial charge in [-0.05, 0) is 25.5 Å². The topological polar surface area (TPSA) is 56.7 Å². The Hall–Kier alpha value is -1.10. The van der Waals surface area contributed by atoms with Gasteiger partial charge in [-0.3, -0.25) is 9.67 Å². The molecule has 0 amide bonds. The second kappa shape index (κ2) is 5.26. The average molecular weight is 285 g/mol. The number of rotatable bonds is 3. The molecule has 0 spiro atoms. The van der Waals surface area contributed by atoms with Crippen molar-refractivity contribution < 1.29 is 0 Å². The molecule has 0 saturated heterocycles. The number of pyridine rings is 1. The Labute approximate surface area is 116 Å². The molecule has 6 heteroatoms. The van der Waals surface area contributed by atoms with Gasteiger partial charge in [-0.2, -0.15) is 5.10 Å². The SMILES string of the molecule is CC(C)n1ncc(Cl)c1C(N)c1ccncc1Cl. The second-order valence-corrected chi connectivity index (χ2v) is 5.11. The highest BCUT2D eigenvalue weighted by molar-refractivity contribution is 6.32. The highest BCUT2D eigenvalue weighted by atomic mass is 35.5. The summed E-state index contributed by atoms with van der Waals surface area (Å²) in [6.45, 7) is 4.04. The van der Waals surface area contributed by atoms with Crippen molar-refractivity contribution in [3.05, 3.63) is 46.0 Å². The predicted octanol–water partition coefficient (Wildman–Crippen LogP) is 3.21. The summed E-state index contributed by atoms with van der Waals surface area (Å²) >= 11 is 12.3. The first-order chi connectivity index (χ1) is 8.52. The zero-order valence-corrected chi connectivity index (χ0v) is 11.7. The molecule has 2 aromatic heterocycles. The van der Waals surface area contributed by atoms with Crippen LogP contribution in [0.1, 0.15) is 37.2 Å². The van der Waals surface area contributed by atoms with Gasteiger partial charge in [0.15, 0.2) is 0 Å². The van der Waals surface area contributed by atoms with Gasteiger partial charge in [-0.25, -0.2) is 0 Å². The van der Waals surface area contributed by atoms with Crippen LogP contribution in [-0.2, 0) is 0 Å². The van der Waals surface area contributed by atoms with Crippen LogP contribution in [0.15, 0.2) is 24.7 Å². The Morgan fingerprint density at radius 2 is 1.94 bits per heavy atom. The highest BCUT2D eigenvalue weighted by Crippen LogP contribution is 2.31. The normalized spacial score (nSPS) is 13.0. The van der Waals surface area contributed by atoms with Crippen molar-refractivity contribution in [3.8, 4) is 0 Å². The lowest BCUT2D eigenvalue weighted by molar-refractivity contribution is 0.499. The van der Waals surface area contributed by atoms with E-state index in [9.17, 15) is 0 Å². The third-order valence-electron chi connectivity index (χ3n) is 2.71. The van der Waals surface area contributed by atoms with Gasteiger partial charge in [-0.15, -0.1) is 0 Å². The van der Waals surface area contributed by atoms with E-state index in [2.05, 4.69) is 10.1 Å². The van der Waals surface area contributed by atoms with E-state index in [-0.39, 0.29) is 6.04 Å². The molecule has 96 valence electrons. The molecule has 0 aliphatic heterocycles. The van der Waals surface area contributed by atoms with Crippen molar-refractivity contribution in [2.45, 2.75) is 25.9 Å². The minimum absolute atomic E-state index is 0.180. The molecule has 0 radical (unpaired) electrons. The standard InChI is InChI=1S/C12H14Cl2N4/c1-7(2)18-12(10(14)6-17-18)11(15)8-3-4-16-5-9(8)13/h3-7,11H,15H2,1-2H3. The number of hydrogen-bond donors (Lipinski definition) is 1. The summed E-state index contributed by atoms with van der Waals surface area (Å²) in [6.07, 6.45) is 4.83. The van der Waals surface area contributed by atoms with Crippen LogP contribution in [0.5, 0.6) is 0 Å². The van der Waals surface area contributed by atoms with Gasteiger partial charge >= 0.3 is 0 Å². The fraction of sp³-hybridized carbons (Fsp3) is 0.333. The van der Waals surface area contributed by atoms with Gasteiger partial charge in [0.25, 0.3) is 0 Å². The molecular formula is C12H14Cl2N4. The smallest absolute Gasteiger partial charge is 0.0837 e. The van der Waals surface area contributed by atoms with Crippen LogP contribution in [0.2, 0.25) is 10.0 Å². The maximum atomic E-state index is 6.24. The van der Waals surface area contributed by atoms with Gasteiger partial charge in [0.2, 0.25) is 0 Å². The van der Waals surface area contributed by atoms with Gasteiger partial charge < -0.3 is 5.73 Å². The molecule has 0 aromatic carbocycles. The highest BCUT2D eigenvalue weighted by Gasteiger charge is 2.21. The van der Waals surface area contributed by atoms with Crippen molar-refractivity contribution in [1.29, 1.82) is 0 Å². The number of aromatic nitrogens is 3. The molecule has 2 heterocycles. The molecule has 18 heavy (non-hydrogen) atoms. The summed E-state index contributed by atoms with van der Waals surface area (Å²) in [7, 11) is 0. The van der Waals surface area contributed by atoms with Gasteiger partial charge in [0, 0.05) is 18.4 Å². The van der Waals surface area contributed by atoms with Crippen LogP contribution < -0.4 is 5.73 Å². The number of hydrogen-bond acceptors (Lipinski definition) is 3. The van der Waals surface area contributed by atoms with E-state index < -0.39 is 6.04 Å². The summed E-state index contributed by atoms with van der Waals surface area (Å²) in [5.41, 5.74) is 7.80. The first kappa shape index (κ1) is 13.3. The van der Waals surface area contributed by atoms with Crippen LogP contribution >= 0.6 is 23.2 Å². The summed E-state index contributed by atoms with van der Waals surface area (Å²) < 4.78 is 1.81. The van der Waals surface area contributed by atoms with Gasteiger partial charge in [-0.1, -0.05) is 23.2 Å². The fourth-order valence-corrected chi connectivity index (χ4v) is 2.32. The lowest BCUT2D eigenvalue weighted by Crippen LogP contribution is -2.19. The summed E-state index contributed by atoms with van der Waals surface area (Å²) in [6, 6.07) is 1.55. The van der Waals surface area contributed by atoms with Crippen molar-refractivity contribution in [1.82, 2.24) is 14.8 Å². The largest absolute Gasteiger partial charge is 0.319 e. The third-order valence-corrected chi connectivity index (χ3v) is 3.32. The zero-order valence-electron chi connectivity index (χ0n) is 10.1. The quantitative estimate of drug-likeness (QED) is 0.942. The molecule has 2 aromatic rings. The number of halogens is 2. The van der Waals surface area contributed by atoms with E-state index in [1.165, 1.54) is 0 Å². The number of nitrogens with zero attached hydrogens (tertiary/aromatic N) is 3. The van der Waals surface area contributed by atoms with Crippen LogP contribution in [0.25, 0.3) is 0 Å². The Bertz CT molecular complexity index is 551. The van der Waals surface area contributed by atoms with Crippen LogP contribution in [0.3, 0.4) is 0 Å². The molecule has 1 atom stereocenters. The molecule has 0 aliphatic rings. The Balaban J connectivity index is 2.49. The predicted molar refractivity (Wildman–Crippen MR) is 72.9 cm³/mol. The molecule has 1 unspecified atom stereocenters. The summed E-state index contributed by atoms with van der Waals surface area (Å²) in [5, 5.41) is 5.31. The van der Waals surface area contributed by atoms with E-state index in [1.807, 2.05) is 18.5 Å². The number of nitrogens with two attached hydrogens (primary N) is 1. The van der Waals surface area contributed by atoms with E-state index in [0.717, 1.165) is 11.3 Å². The lowest BCUT2D eigenvalue weighted by atomic mass is 10.1. The molecule has 0 fully saturated rings. The lowest BCUT2D eigenvalue weighted by Gasteiger charge is -2.18. The van der Waals surface area contributed by atoms with Crippen molar-refractivity contribution in [3.63, 3.8) is 0 Å². The van der Waals surface area contributed by atoms with E-state index in [4.69, 9.17) is 28.9 Å². The average Bonchev–Trinajstić information content (AvgIpc) is 2.71. The van der Waals surface area contributed by atoms with E-state index in [0.29, 0.717) is 10.0 Å². The first-order valence-electron chi connectivity index (χ1n) is 5.60. The zero-order chi connectivity index (χ0) is 13.3. The first-order valence-corrected chi connectivity index (χ1v) is 6.36. The summed E-state index contributed by atoms with van der Waals surface area (Å²) in [5.74, 6) is 0. The second-order valence-electron chi connectivity index (χ2n) is 4.29. The van der Waals surface area contributed by atoms with Gasteiger partial charge in [0.1, 0.15) is 0 Å². The molecule has 0 bridgehead atoms. The van der Waals surface area contributed by atoms with E-state index in [1.54, 1.807) is 24.7 Å². The summed E-state index contributed by atoms with van der Waals surface area (Å²) in [4.78, 5) is 3.95. The van der Waals surface area contributed by atoms with E-state index >= 15 is 0 Å². The third kappa shape index (κ3) is 2.36. The molecule has 2 rings (SSSR count). The van der Waals surface area contributed by atoms with Crippen LogP contribution in [0.4, 0.5) is 0 Å².